The lowest BCUT2D eigenvalue weighted by Gasteiger charge is -2.11. The lowest BCUT2D eigenvalue weighted by Crippen LogP contribution is -2.25. The molecular formula is C17H28N6OS. The fourth-order valence-corrected chi connectivity index (χ4v) is 3.12. The van der Waals surface area contributed by atoms with Gasteiger partial charge in [0, 0.05) is 44.9 Å². The summed E-state index contributed by atoms with van der Waals surface area (Å²) >= 11 is 1.62. The van der Waals surface area contributed by atoms with Gasteiger partial charge < -0.3 is 9.88 Å². The Morgan fingerprint density at radius 2 is 2.16 bits per heavy atom. The molecule has 0 aromatic carbocycles. The number of carbonyl (C=O) groups excluding carboxylic acids is 1. The zero-order valence-corrected chi connectivity index (χ0v) is 16.1. The average molecular weight is 365 g/mol. The van der Waals surface area contributed by atoms with Crippen molar-refractivity contribution in [1.82, 2.24) is 29.9 Å². The minimum Gasteiger partial charge on any atom is -0.356 e. The molecule has 0 aliphatic rings. The second-order valence-corrected chi connectivity index (χ2v) is 7.21. The van der Waals surface area contributed by atoms with Crippen LogP contribution in [-0.4, -0.2) is 43.3 Å². The highest BCUT2D eigenvalue weighted by Crippen LogP contribution is 2.16. The third-order valence-electron chi connectivity index (χ3n) is 3.77. The second-order valence-electron chi connectivity index (χ2n) is 6.43. The van der Waals surface area contributed by atoms with Crippen molar-refractivity contribution in [3.8, 4) is 0 Å². The lowest BCUT2D eigenvalue weighted by atomic mass is 10.2. The molecule has 0 aliphatic heterocycles. The van der Waals surface area contributed by atoms with Crippen LogP contribution in [0.15, 0.2) is 23.6 Å². The fourth-order valence-electron chi connectivity index (χ4n) is 2.60. The fraction of sp³-hybridized carbons (Fsp3) is 0.647. The number of nitrogens with one attached hydrogen (secondary N) is 1. The van der Waals surface area contributed by atoms with Crippen molar-refractivity contribution in [2.45, 2.75) is 57.8 Å². The maximum atomic E-state index is 11.9. The van der Waals surface area contributed by atoms with Crippen molar-refractivity contribution in [2.24, 2.45) is 5.92 Å². The van der Waals surface area contributed by atoms with Crippen LogP contribution in [0.4, 0.5) is 0 Å². The van der Waals surface area contributed by atoms with E-state index in [1.54, 1.807) is 18.0 Å². The van der Waals surface area contributed by atoms with Crippen molar-refractivity contribution < 1.29 is 4.79 Å². The number of carbonyl (C=O) groups is 1. The smallest absolute Gasteiger partial charge is 0.220 e. The van der Waals surface area contributed by atoms with Gasteiger partial charge in [-0.1, -0.05) is 25.6 Å². The number of hydrogen-bond donors (Lipinski definition) is 1. The molecule has 25 heavy (non-hydrogen) atoms. The molecule has 0 unspecified atom stereocenters. The molecule has 2 aromatic rings. The van der Waals surface area contributed by atoms with Crippen LogP contribution in [0.3, 0.4) is 0 Å². The van der Waals surface area contributed by atoms with Gasteiger partial charge in [-0.15, -0.1) is 10.2 Å². The standard InChI is InChI=1S/C17H28N6OS/c1-14(2)13-23-15(20-21-17(23)25-3)7-4-9-18-16(24)8-5-11-22-12-6-10-19-22/h6,10,12,14H,4-5,7-9,11,13H2,1-3H3,(H,18,24). The molecule has 2 rings (SSSR count). The van der Waals surface area contributed by atoms with Gasteiger partial charge in [0.05, 0.1) is 0 Å². The summed E-state index contributed by atoms with van der Waals surface area (Å²) in [6.45, 7) is 6.76. The SMILES string of the molecule is CSc1nnc(CCCNC(=O)CCCn2cccn2)n1CC(C)C. The quantitative estimate of drug-likeness (QED) is 0.489. The van der Waals surface area contributed by atoms with Crippen molar-refractivity contribution in [3.63, 3.8) is 0 Å². The highest BCUT2D eigenvalue weighted by molar-refractivity contribution is 7.98. The third kappa shape index (κ3) is 6.53. The summed E-state index contributed by atoms with van der Waals surface area (Å²) < 4.78 is 4.04. The second kappa shape index (κ2) is 10.2. The largest absolute Gasteiger partial charge is 0.356 e. The van der Waals surface area contributed by atoms with E-state index in [9.17, 15) is 4.79 Å². The van der Waals surface area contributed by atoms with E-state index >= 15 is 0 Å². The minimum absolute atomic E-state index is 0.0978. The van der Waals surface area contributed by atoms with Crippen LogP contribution in [-0.2, 0) is 24.3 Å². The first-order valence-corrected chi connectivity index (χ1v) is 10.0. The molecular weight excluding hydrogens is 336 g/mol. The molecule has 8 heteroatoms. The Hall–Kier alpha value is -1.83. The molecule has 2 aromatic heterocycles. The molecule has 1 amide bonds. The first-order chi connectivity index (χ1) is 12.1. The van der Waals surface area contributed by atoms with E-state index in [0.717, 1.165) is 43.3 Å². The van der Waals surface area contributed by atoms with Gasteiger partial charge in [0.25, 0.3) is 0 Å². The molecule has 1 N–H and O–H groups in total. The Morgan fingerprint density at radius 3 is 2.84 bits per heavy atom. The average Bonchev–Trinajstić information content (AvgIpc) is 3.21. The lowest BCUT2D eigenvalue weighted by molar-refractivity contribution is -0.121. The number of nitrogens with zero attached hydrogens (tertiary/aromatic N) is 5. The third-order valence-corrected chi connectivity index (χ3v) is 4.44. The van der Waals surface area contributed by atoms with Crippen LogP contribution < -0.4 is 5.32 Å². The summed E-state index contributed by atoms with van der Waals surface area (Å²) in [6, 6.07) is 1.89. The Kier molecular flexibility index (Phi) is 7.97. The Labute approximate surface area is 153 Å². The summed E-state index contributed by atoms with van der Waals surface area (Å²) in [4.78, 5) is 11.9. The highest BCUT2D eigenvalue weighted by atomic mass is 32.2. The number of aromatic nitrogens is 5. The van der Waals surface area contributed by atoms with Gasteiger partial charge in [-0.2, -0.15) is 5.10 Å². The van der Waals surface area contributed by atoms with E-state index in [0.29, 0.717) is 18.9 Å². The van der Waals surface area contributed by atoms with E-state index < -0.39 is 0 Å². The summed E-state index contributed by atoms with van der Waals surface area (Å²) in [7, 11) is 0. The van der Waals surface area contributed by atoms with E-state index in [2.05, 4.69) is 39.0 Å². The van der Waals surface area contributed by atoms with Gasteiger partial charge >= 0.3 is 0 Å². The number of thioether (sulfide) groups is 1. The van der Waals surface area contributed by atoms with Crippen LogP contribution in [0.5, 0.6) is 0 Å². The van der Waals surface area contributed by atoms with Crippen LogP contribution in [0.25, 0.3) is 0 Å². The highest BCUT2D eigenvalue weighted by Gasteiger charge is 2.12. The zero-order valence-electron chi connectivity index (χ0n) is 15.3. The van der Waals surface area contributed by atoms with Crippen molar-refractivity contribution in [3.05, 3.63) is 24.3 Å². The normalized spacial score (nSPS) is 11.2. The topological polar surface area (TPSA) is 77.6 Å². The Balaban J connectivity index is 1.66. The van der Waals surface area contributed by atoms with Gasteiger partial charge in [0.1, 0.15) is 5.82 Å². The van der Waals surface area contributed by atoms with Crippen molar-refractivity contribution in [1.29, 1.82) is 0 Å². The van der Waals surface area contributed by atoms with E-state index in [4.69, 9.17) is 0 Å². The summed E-state index contributed by atoms with van der Waals surface area (Å²) in [5.74, 6) is 1.65. The molecule has 0 spiro atoms. The molecule has 0 fully saturated rings. The summed E-state index contributed by atoms with van der Waals surface area (Å²) in [5, 5.41) is 16.6. The molecule has 0 saturated heterocycles. The first-order valence-electron chi connectivity index (χ1n) is 8.80. The Morgan fingerprint density at radius 1 is 1.32 bits per heavy atom. The molecule has 0 bridgehead atoms. The Bertz CT molecular complexity index is 638. The summed E-state index contributed by atoms with van der Waals surface area (Å²) in [5.41, 5.74) is 0. The van der Waals surface area contributed by atoms with E-state index in [1.807, 2.05) is 23.2 Å². The zero-order chi connectivity index (χ0) is 18.1. The number of amides is 1. The maximum Gasteiger partial charge on any atom is 0.220 e. The van der Waals surface area contributed by atoms with E-state index in [1.165, 1.54) is 0 Å². The van der Waals surface area contributed by atoms with Crippen LogP contribution >= 0.6 is 11.8 Å². The molecule has 0 atom stereocenters. The monoisotopic (exact) mass is 364 g/mol. The van der Waals surface area contributed by atoms with Crippen LogP contribution in [0, 0.1) is 5.92 Å². The minimum atomic E-state index is 0.0978. The molecule has 138 valence electrons. The number of hydrogen-bond acceptors (Lipinski definition) is 5. The van der Waals surface area contributed by atoms with Crippen molar-refractivity contribution >= 4 is 17.7 Å². The molecule has 0 saturated carbocycles. The van der Waals surface area contributed by atoms with Crippen molar-refractivity contribution in [2.75, 3.05) is 12.8 Å². The summed E-state index contributed by atoms with van der Waals surface area (Å²) in [6.07, 6.45) is 8.71. The first kappa shape index (κ1) is 19.5. The number of aryl methyl sites for hydroxylation is 2. The van der Waals surface area contributed by atoms with Crippen LogP contribution in [0.2, 0.25) is 0 Å². The molecule has 0 aliphatic carbocycles. The van der Waals surface area contributed by atoms with Gasteiger partial charge in [-0.05, 0) is 31.1 Å². The van der Waals surface area contributed by atoms with Gasteiger partial charge in [-0.3, -0.25) is 9.48 Å². The predicted octanol–water partition coefficient (Wildman–Crippen LogP) is 2.38. The maximum absolute atomic E-state index is 11.9. The van der Waals surface area contributed by atoms with Crippen LogP contribution in [0.1, 0.15) is 38.9 Å². The molecule has 2 heterocycles. The molecule has 0 radical (unpaired) electrons. The van der Waals surface area contributed by atoms with Gasteiger partial charge in [0.15, 0.2) is 5.16 Å². The molecule has 7 nitrogen and oxygen atoms in total. The predicted molar refractivity (Wildman–Crippen MR) is 99.4 cm³/mol. The number of rotatable bonds is 11. The van der Waals surface area contributed by atoms with Gasteiger partial charge in [0.2, 0.25) is 5.91 Å². The van der Waals surface area contributed by atoms with Gasteiger partial charge in [-0.25, -0.2) is 0 Å². The van der Waals surface area contributed by atoms with E-state index in [-0.39, 0.29) is 5.91 Å².